The van der Waals surface area contributed by atoms with Crippen LogP contribution in [0.2, 0.25) is 0 Å². The van der Waals surface area contributed by atoms with Crippen molar-refractivity contribution in [3.8, 4) is 5.75 Å². The third-order valence-electron chi connectivity index (χ3n) is 3.28. The summed E-state index contributed by atoms with van der Waals surface area (Å²) < 4.78 is 5.15. The van der Waals surface area contributed by atoms with E-state index < -0.39 is 0 Å². The van der Waals surface area contributed by atoms with Crippen molar-refractivity contribution in [1.82, 2.24) is 5.32 Å². The van der Waals surface area contributed by atoms with E-state index in [0.717, 1.165) is 11.3 Å². The third kappa shape index (κ3) is 5.21. The SMILES string of the molecule is COc1ccc(C(NC(=O)CCC(C)N)C(C)C)cc1. The highest BCUT2D eigenvalue weighted by atomic mass is 16.5. The van der Waals surface area contributed by atoms with Gasteiger partial charge in [0.1, 0.15) is 5.75 Å². The second-order valence-electron chi connectivity index (χ2n) is 5.58. The van der Waals surface area contributed by atoms with Gasteiger partial charge in [0.25, 0.3) is 0 Å². The number of hydrogen-bond donors (Lipinski definition) is 2. The molecule has 0 saturated carbocycles. The summed E-state index contributed by atoms with van der Waals surface area (Å²) in [5.74, 6) is 1.19. The van der Waals surface area contributed by atoms with Gasteiger partial charge in [-0.2, -0.15) is 0 Å². The molecular formula is C16H26N2O2. The van der Waals surface area contributed by atoms with E-state index in [9.17, 15) is 4.79 Å². The van der Waals surface area contributed by atoms with Gasteiger partial charge in [0.2, 0.25) is 5.91 Å². The summed E-state index contributed by atoms with van der Waals surface area (Å²) in [6.45, 7) is 6.11. The number of benzene rings is 1. The van der Waals surface area contributed by atoms with Gasteiger partial charge in [0.05, 0.1) is 13.2 Å². The fraction of sp³-hybridized carbons (Fsp3) is 0.562. The molecule has 0 spiro atoms. The number of ether oxygens (including phenoxy) is 1. The van der Waals surface area contributed by atoms with Crippen molar-refractivity contribution >= 4 is 5.91 Å². The summed E-state index contributed by atoms with van der Waals surface area (Å²) in [7, 11) is 1.64. The number of nitrogens with one attached hydrogen (secondary N) is 1. The lowest BCUT2D eigenvalue weighted by Crippen LogP contribution is -2.32. The van der Waals surface area contributed by atoms with Gasteiger partial charge in [-0.05, 0) is 37.0 Å². The molecule has 1 amide bonds. The minimum Gasteiger partial charge on any atom is -0.497 e. The second kappa shape index (κ2) is 7.90. The highest BCUT2D eigenvalue weighted by Gasteiger charge is 2.18. The van der Waals surface area contributed by atoms with Crippen molar-refractivity contribution in [1.29, 1.82) is 0 Å². The predicted octanol–water partition coefficient (Wildman–Crippen LogP) is 2.64. The average Bonchev–Trinajstić information content (AvgIpc) is 2.42. The quantitative estimate of drug-likeness (QED) is 0.806. The zero-order valence-electron chi connectivity index (χ0n) is 12.8. The molecule has 3 N–H and O–H groups in total. The van der Waals surface area contributed by atoms with Crippen LogP contribution in [-0.2, 0) is 4.79 Å². The molecule has 0 radical (unpaired) electrons. The van der Waals surface area contributed by atoms with Gasteiger partial charge in [0, 0.05) is 12.5 Å². The Labute approximate surface area is 121 Å². The number of carbonyl (C=O) groups excluding carboxylic acids is 1. The van der Waals surface area contributed by atoms with Gasteiger partial charge in [-0.1, -0.05) is 26.0 Å². The van der Waals surface area contributed by atoms with E-state index in [1.807, 2.05) is 31.2 Å². The summed E-state index contributed by atoms with van der Waals surface area (Å²) in [6.07, 6.45) is 1.18. The Bertz CT molecular complexity index is 413. The summed E-state index contributed by atoms with van der Waals surface area (Å²) in [5.41, 5.74) is 6.77. The zero-order valence-corrected chi connectivity index (χ0v) is 12.8. The van der Waals surface area contributed by atoms with Crippen LogP contribution >= 0.6 is 0 Å². The van der Waals surface area contributed by atoms with Gasteiger partial charge < -0.3 is 15.8 Å². The van der Waals surface area contributed by atoms with E-state index in [0.29, 0.717) is 18.8 Å². The summed E-state index contributed by atoms with van der Waals surface area (Å²) in [5, 5.41) is 3.09. The molecule has 2 unspecified atom stereocenters. The first-order chi connectivity index (χ1) is 9.43. The molecule has 4 nitrogen and oxygen atoms in total. The number of carbonyl (C=O) groups is 1. The molecule has 0 bridgehead atoms. The molecule has 0 heterocycles. The minimum absolute atomic E-state index is 0.0153. The fourth-order valence-electron chi connectivity index (χ4n) is 2.05. The van der Waals surface area contributed by atoms with Crippen molar-refractivity contribution in [2.45, 2.75) is 45.7 Å². The number of rotatable bonds is 7. The Morgan fingerprint density at radius 3 is 2.30 bits per heavy atom. The maximum absolute atomic E-state index is 12.0. The average molecular weight is 278 g/mol. The van der Waals surface area contributed by atoms with Crippen molar-refractivity contribution in [3.63, 3.8) is 0 Å². The summed E-state index contributed by atoms with van der Waals surface area (Å²) >= 11 is 0. The maximum atomic E-state index is 12.0. The van der Waals surface area contributed by atoms with Gasteiger partial charge >= 0.3 is 0 Å². The Hall–Kier alpha value is -1.55. The number of nitrogens with two attached hydrogens (primary N) is 1. The molecule has 0 aromatic heterocycles. The normalized spacial score (nSPS) is 13.9. The molecule has 1 aromatic rings. The van der Waals surface area contributed by atoms with Crippen LogP contribution in [0.4, 0.5) is 0 Å². The predicted molar refractivity (Wildman–Crippen MR) is 81.6 cm³/mol. The zero-order chi connectivity index (χ0) is 15.1. The first-order valence-electron chi connectivity index (χ1n) is 7.13. The number of hydrogen-bond acceptors (Lipinski definition) is 3. The smallest absolute Gasteiger partial charge is 0.220 e. The minimum atomic E-state index is 0.0153. The highest BCUT2D eigenvalue weighted by Crippen LogP contribution is 2.24. The van der Waals surface area contributed by atoms with E-state index in [-0.39, 0.29) is 18.0 Å². The molecule has 0 aliphatic rings. The summed E-state index contributed by atoms with van der Waals surface area (Å²) in [6, 6.07) is 7.89. The van der Waals surface area contributed by atoms with E-state index in [1.165, 1.54) is 0 Å². The monoisotopic (exact) mass is 278 g/mol. The molecule has 0 aliphatic heterocycles. The first kappa shape index (κ1) is 16.5. The van der Waals surface area contributed by atoms with Gasteiger partial charge in [-0.3, -0.25) is 4.79 Å². The lowest BCUT2D eigenvalue weighted by atomic mass is 9.95. The molecule has 4 heteroatoms. The van der Waals surface area contributed by atoms with E-state index in [2.05, 4.69) is 19.2 Å². The molecule has 1 aromatic carbocycles. The number of methoxy groups -OCH3 is 1. The molecule has 2 atom stereocenters. The van der Waals surface area contributed by atoms with Crippen LogP contribution in [0, 0.1) is 5.92 Å². The molecule has 0 aliphatic carbocycles. The Morgan fingerprint density at radius 2 is 1.85 bits per heavy atom. The lowest BCUT2D eigenvalue weighted by molar-refractivity contribution is -0.122. The van der Waals surface area contributed by atoms with Crippen LogP contribution < -0.4 is 15.8 Å². The summed E-state index contributed by atoms with van der Waals surface area (Å²) in [4.78, 5) is 12.0. The van der Waals surface area contributed by atoms with Crippen LogP contribution in [0.25, 0.3) is 0 Å². The first-order valence-corrected chi connectivity index (χ1v) is 7.13. The van der Waals surface area contributed by atoms with Crippen LogP contribution in [-0.4, -0.2) is 19.1 Å². The third-order valence-corrected chi connectivity index (χ3v) is 3.28. The largest absolute Gasteiger partial charge is 0.497 e. The van der Waals surface area contributed by atoms with Gasteiger partial charge in [-0.15, -0.1) is 0 Å². The molecule has 0 saturated heterocycles. The lowest BCUT2D eigenvalue weighted by Gasteiger charge is -2.23. The fourth-order valence-corrected chi connectivity index (χ4v) is 2.05. The Kier molecular flexibility index (Phi) is 6.52. The number of amides is 1. The molecule has 0 fully saturated rings. The highest BCUT2D eigenvalue weighted by molar-refractivity contribution is 5.76. The van der Waals surface area contributed by atoms with Crippen molar-refractivity contribution in [2.24, 2.45) is 11.7 Å². The van der Waals surface area contributed by atoms with Crippen molar-refractivity contribution in [3.05, 3.63) is 29.8 Å². The van der Waals surface area contributed by atoms with E-state index in [4.69, 9.17) is 10.5 Å². The van der Waals surface area contributed by atoms with Crippen LogP contribution in [0.5, 0.6) is 5.75 Å². The maximum Gasteiger partial charge on any atom is 0.220 e. The molecular weight excluding hydrogens is 252 g/mol. The van der Waals surface area contributed by atoms with Crippen LogP contribution in [0.3, 0.4) is 0 Å². The molecule has 1 rings (SSSR count). The Balaban J connectivity index is 2.70. The topological polar surface area (TPSA) is 64.3 Å². The van der Waals surface area contributed by atoms with Gasteiger partial charge in [-0.25, -0.2) is 0 Å². The van der Waals surface area contributed by atoms with E-state index >= 15 is 0 Å². The Morgan fingerprint density at radius 1 is 1.25 bits per heavy atom. The van der Waals surface area contributed by atoms with Crippen LogP contribution in [0.1, 0.15) is 45.2 Å². The molecule has 20 heavy (non-hydrogen) atoms. The second-order valence-corrected chi connectivity index (χ2v) is 5.58. The van der Waals surface area contributed by atoms with Crippen LogP contribution in [0.15, 0.2) is 24.3 Å². The molecule has 112 valence electrons. The van der Waals surface area contributed by atoms with Crippen molar-refractivity contribution < 1.29 is 9.53 Å². The van der Waals surface area contributed by atoms with Crippen molar-refractivity contribution in [2.75, 3.05) is 7.11 Å². The van der Waals surface area contributed by atoms with E-state index in [1.54, 1.807) is 7.11 Å². The van der Waals surface area contributed by atoms with Gasteiger partial charge in [0.15, 0.2) is 0 Å². The standard InChI is InChI=1S/C16H26N2O2/c1-11(2)16(18-15(19)10-5-12(3)17)13-6-8-14(20-4)9-7-13/h6-9,11-12,16H,5,10,17H2,1-4H3,(H,18,19).